The first-order chi connectivity index (χ1) is 10.8. The van der Waals surface area contributed by atoms with E-state index < -0.39 is 12.0 Å². The smallest absolute Gasteiger partial charge is 0.270 e. The molecule has 122 valence electrons. The van der Waals surface area contributed by atoms with Gasteiger partial charge in [0.25, 0.3) is 5.92 Å². The van der Waals surface area contributed by atoms with Crippen LogP contribution >= 0.6 is 0 Å². The number of aliphatic imine (C=N–C) groups is 1. The molecule has 0 saturated carbocycles. The highest BCUT2D eigenvalue weighted by molar-refractivity contribution is 5.95. The lowest BCUT2D eigenvalue weighted by Crippen LogP contribution is -2.16. The van der Waals surface area contributed by atoms with E-state index in [1.54, 1.807) is 37.4 Å². The van der Waals surface area contributed by atoms with E-state index in [1.165, 1.54) is 12.1 Å². The summed E-state index contributed by atoms with van der Waals surface area (Å²) in [5.74, 6) is -2.62. The zero-order valence-electron chi connectivity index (χ0n) is 13.0. The van der Waals surface area contributed by atoms with Crippen molar-refractivity contribution in [2.45, 2.75) is 32.4 Å². The molecule has 1 unspecified atom stereocenters. The molecule has 23 heavy (non-hydrogen) atoms. The predicted molar refractivity (Wildman–Crippen MR) is 85.3 cm³/mol. The van der Waals surface area contributed by atoms with Crippen molar-refractivity contribution in [2.75, 3.05) is 0 Å². The average Bonchev–Trinajstić information content (AvgIpc) is 2.52. The van der Waals surface area contributed by atoms with Crippen LogP contribution in [0.3, 0.4) is 0 Å². The maximum atomic E-state index is 13.1. The summed E-state index contributed by atoms with van der Waals surface area (Å²) in [5, 5.41) is 9.56. The molecule has 2 aromatic rings. The molecule has 0 saturated heterocycles. The highest BCUT2D eigenvalue weighted by Crippen LogP contribution is 2.26. The number of pyridine rings is 1. The largest absolute Gasteiger partial charge is 0.389 e. The fourth-order valence-electron chi connectivity index (χ4n) is 2.01. The third kappa shape index (κ3) is 4.56. The van der Waals surface area contributed by atoms with Gasteiger partial charge in [0.1, 0.15) is 11.5 Å². The van der Waals surface area contributed by atoms with Crippen molar-refractivity contribution in [3.8, 4) is 0 Å². The number of alkyl halides is 2. The summed E-state index contributed by atoms with van der Waals surface area (Å²) in [6.07, 6.45) is 0.936. The van der Waals surface area contributed by atoms with Crippen LogP contribution in [-0.2, 0) is 12.5 Å². The van der Waals surface area contributed by atoms with Gasteiger partial charge in [-0.25, -0.2) is 8.78 Å². The Bertz CT molecular complexity index is 692. The van der Waals surface area contributed by atoms with Crippen LogP contribution in [0.5, 0.6) is 0 Å². The molecule has 4 nitrogen and oxygen atoms in total. The summed E-state index contributed by atoms with van der Waals surface area (Å²) >= 11 is 0. The van der Waals surface area contributed by atoms with Crippen molar-refractivity contribution in [1.82, 2.24) is 4.98 Å². The monoisotopic (exact) mass is 319 g/mol. The fraction of sp³-hybridized carbons (Fsp3) is 0.294. The number of aliphatic hydroxyl groups is 1. The Morgan fingerprint density at radius 2 is 1.96 bits per heavy atom. The molecule has 0 bridgehead atoms. The standard InChI is InChI=1S/C17H19F2N3O/c1-11(23)13-7-8-21-15(9-13)16(20)22-10-12-3-5-14(6-4-12)17(2,18)19/h3-9,11,23H,10H2,1-2H3,(H2,20,22). The van der Waals surface area contributed by atoms with E-state index in [0.717, 1.165) is 12.5 Å². The minimum absolute atomic E-state index is 0.0375. The van der Waals surface area contributed by atoms with Gasteiger partial charge in [0, 0.05) is 18.7 Å². The number of hydrogen-bond donors (Lipinski definition) is 2. The first-order valence-corrected chi connectivity index (χ1v) is 7.19. The zero-order chi connectivity index (χ0) is 17.0. The van der Waals surface area contributed by atoms with Crippen molar-refractivity contribution < 1.29 is 13.9 Å². The maximum absolute atomic E-state index is 13.1. The molecule has 0 aliphatic heterocycles. The van der Waals surface area contributed by atoms with Crippen LogP contribution in [0.25, 0.3) is 0 Å². The second kappa shape index (κ2) is 6.83. The number of aliphatic hydroxyl groups excluding tert-OH is 1. The van der Waals surface area contributed by atoms with E-state index in [4.69, 9.17) is 5.73 Å². The summed E-state index contributed by atoms with van der Waals surface area (Å²) in [4.78, 5) is 8.33. The summed E-state index contributed by atoms with van der Waals surface area (Å²) in [7, 11) is 0. The van der Waals surface area contributed by atoms with Gasteiger partial charge in [0.05, 0.1) is 12.6 Å². The molecule has 0 aliphatic carbocycles. The SMILES string of the molecule is CC(O)c1ccnc(C(N)=NCc2ccc(C(C)(F)F)cc2)c1. The normalized spacial score (nSPS) is 13.9. The van der Waals surface area contributed by atoms with Crippen molar-refractivity contribution in [2.24, 2.45) is 10.7 Å². The fourth-order valence-corrected chi connectivity index (χ4v) is 2.01. The number of hydrogen-bond acceptors (Lipinski definition) is 3. The molecular weight excluding hydrogens is 300 g/mol. The van der Waals surface area contributed by atoms with E-state index in [-0.39, 0.29) is 17.9 Å². The van der Waals surface area contributed by atoms with Crippen molar-refractivity contribution in [3.63, 3.8) is 0 Å². The van der Waals surface area contributed by atoms with E-state index in [1.807, 2.05) is 0 Å². The van der Waals surface area contributed by atoms with Gasteiger partial charge in [0.2, 0.25) is 0 Å². The number of halogens is 2. The third-order valence-electron chi connectivity index (χ3n) is 3.42. The van der Waals surface area contributed by atoms with Gasteiger partial charge < -0.3 is 10.8 Å². The lowest BCUT2D eigenvalue weighted by atomic mass is 10.1. The number of benzene rings is 1. The second-order valence-electron chi connectivity index (χ2n) is 5.44. The quantitative estimate of drug-likeness (QED) is 0.657. The van der Waals surface area contributed by atoms with Crippen LogP contribution in [0.1, 0.15) is 42.3 Å². The summed E-state index contributed by atoms with van der Waals surface area (Å²) in [6.45, 7) is 2.78. The molecule has 1 aromatic carbocycles. The van der Waals surface area contributed by atoms with Crippen molar-refractivity contribution >= 4 is 5.84 Å². The molecule has 0 aliphatic rings. The Morgan fingerprint density at radius 3 is 2.52 bits per heavy atom. The van der Waals surface area contributed by atoms with Crippen LogP contribution in [0.15, 0.2) is 47.6 Å². The lowest BCUT2D eigenvalue weighted by Gasteiger charge is -2.10. The summed E-state index contributed by atoms with van der Waals surface area (Å²) in [5.41, 5.74) is 7.80. The number of aromatic nitrogens is 1. The van der Waals surface area contributed by atoms with Gasteiger partial charge >= 0.3 is 0 Å². The molecule has 0 fully saturated rings. The minimum Gasteiger partial charge on any atom is -0.389 e. The molecule has 0 spiro atoms. The second-order valence-corrected chi connectivity index (χ2v) is 5.44. The Balaban J connectivity index is 2.12. The van der Waals surface area contributed by atoms with Gasteiger partial charge in [-0.2, -0.15) is 0 Å². The molecule has 0 radical (unpaired) electrons. The average molecular weight is 319 g/mol. The van der Waals surface area contributed by atoms with Gasteiger partial charge in [0.15, 0.2) is 0 Å². The van der Waals surface area contributed by atoms with Crippen LogP contribution in [0, 0.1) is 0 Å². The zero-order valence-corrected chi connectivity index (χ0v) is 13.0. The van der Waals surface area contributed by atoms with Crippen LogP contribution in [0.4, 0.5) is 8.78 Å². The third-order valence-corrected chi connectivity index (χ3v) is 3.42. The first kappa shape index (κ1) is 17.0. The molecule has 0 amide bonds. The Labute approximate surface area is 133 Å². The van der Waals surface area contributed by atoms with E-state index in [2.05, 4.69) is 9.98 Å². The Kier molecular flexibility index (Phi) is 5.05. The first-order valence-electron chi connectivity index (χ1n) is 7.19. The number of amidine groups is 1. The Hall–Kier alpha value is -2.34. The topological polar surface area (TPSA) is 71.5 Å². The lowest BCUT2D eigenvalue weighted by molar-refractivity contribution is 0.0174. The van der Waals surface area contributed by atoms with Crippen molar-refractivity contribution in [1.29, 1.82) is 0 Å². The van der Waals surface area contributed by atoms with E-state index in [0.29, 0.717) is 11.3 Å². The Morgan fingerprint density at radius 1 is 1.30 bits per heavy atom. The molecule has 1 atom stereocenters. The molecular formula is C17H19F2N3O. The van der Waals surface area contributed by atoms with Gasteiger partial charge in [-0.1, -0.05) is 24.3 Å². The van der Waals surface area contributed by atoms with Gasteiger partial charge in [-0.05, 0) is 30.2 Å². The van der Waals surface area contributed by atoms with Gasteiger partial charge in [-0.3, -0.25) is 9.98 Å². The van der Waals surface area contributed by atoms with Crippen LogP contribution < -0.4 is 5.73 Å². The predicted octanol–water partition coefficient (Wildman–Crippen LogP) is 3.15. The molecule has 6 heteroatoms. The highest BCUT2D eigenvalue weighted by Gasteiger charge is 2.23. The maximum Gasteiger partial charge on any atom is 0.270 e. The molecule has 2 rings (SSSR count). The van der Waals surface area contributed by atoms with Gasteiger partial charge in [-0.15, -0.1) is 0 Å². The highest BCUT2D eigenvalue weighted by atomic mass is 19.3. The van der Waals surface area contributed by atoms with Crippen LogP contribution in [0.2, 0.25) is 0 Å². The molecule has 1 heterocycles. The molecule has 3 N–H and O–H groups in total. The van der Waals surface area contributed by atoms with E-state index >= 15 is 0 Å². The number of rotatable bonds is 5. The van der Waals surface area contributed by atoms with E-state index in [9.17, 15) is 13.9 Å². The summed E-state index contributed by atoms with van der Waals surface area (Å²) < 4.78 is 26.3. The number of nitrogens with two attached hydrogens (primary N) is 1. The minimum atomic E-state index is -2.85. The summed E-state index contributed by atoms with van der Waals surface area (Å²) in [6, 6.07) is 9.34. The van der Waals surface area contributed by atoms with Crippen LogP contribution in [-0.4, -0.2) is 15.9 Å². The van der Waals surface area contributed by atoms with Crippen molar-refractivity contribution in [3.05, 3.63) is 65.0 Å². The molecule has 1 aromatic heterocycles. The number of nitrogens with zero attached hydrogens (tertiary/aromatic N) is 2.